The third-order valence-electron chi connectivity index (χ3n) is 3.21. The van der Waals surface area contributed by atoms with Gasteiger partial charge in [-0.2, -0.15) is 0 Å². The van der Waals surface area contributed by atoms with Crippen molar-refractivity contribution in [2.24, 2.45) is 0 Å². The number of carbonyl (C=O) groups is 2. The third-order valence-corrected chi connectivity index (χ3v) is 3.21. The molecule has 2 rings (SSSR count). The number of amides is 2. The second-order valence-electron chi connectivity index (χ2n) is 4.93. The highest BCUT2D eigenvalue weighted by Gasteiger charge is 2.07. The molecular weight excluding hydrogens is 324 g/mol. The molecule has 132 valence electrons. The Morgan fingerprint density at radius 3 is 2.44 bits per heavy atom. The van der Waals surface area contributed by atoms with Gasteiger partial charge in [-0.15, -0.1) is 0 Å². The van der Waals surface area contributed by atoms with E-state index in [2.05, 4.69) is 15.4 Å². The lowest BCUT2D eigenvalue weighted by atomic mass is 10.2. The molecule has 0 saturated carbocycles. The number of anilines is 1. The number of ether oxygens (including phenoxy) is 3. The highest BCUT2D eigenvalue weighted by atomic mass is 16.7. The second-order valence-corrected chi connectivity index (χ2v) is 4.93. The summed E-state index contributed by atoms with van der Waals surface area (Å²) in [6, 6.07) is 13.5. The largest absolute Gasteiger partial charge is 0.513 e. The molecule has 0 aliphatic rings. The maximum Gasteiger partial charge on any atom is 0.513 e. The van der Waals surface area contributed by atoms with E-state index < -0.39 is 6.16 Å². The van der Waals surface area contributed by atoms with Crippen LogP contribution in [0.3, 0.4) is 0 Å². The van der Waals surface area contributed by atoms with Gasteiger partial charge in [-0.25, -0.2) is 9.59 Å². The van der Waals surface area contributed by atoms with Gasteiger partial charge in [-0.05, 0) is 37.3 Å². The number of hydrogen-bond donors (Lipinski definition) is 2. The minimum Gasteiger partial charge on any atom is -0.496 e. The SMILES string of the molecule is CCOC(=O)Oc1ccc(NC(=O)NCc2ccccc2OC)cc1. The van der Waals surface area contributed by atoms with Crippen molar-refractivity contribution >= 4 is 17.9 Å². The first kappa shape index (κ1) is 18.1. The monoisotopic (exact) mass is 344 g/mol. The van der Waals surface area contributed by atoms with Gasteiger partial charge in [0.05, 0.1) is 13.7 Å². The fraction of sp³-hybridized carbons (Fsp3) is 0.222. The zero-order chi connectivity index (χ0) is 18.1. The van der Waals surface area contributed by atoms with Crippen LogP contribution in [0.4, 0.5) is 15.3 Å². The van der Waals surface area contributed by atoms with Crippen molar-refractivity contribution in [2.45, 2.75) is 13.5 Å². The molecule has 0 aliphatic heterocycles. The minimum atomic E-state index is -0.766. The first-order valence-electron chi connectivity index (χ1n) is 7.73. The van der Waals surface area contributed by atoms with Gasteiger partial charge in [0.1, 0.15) is 11.5 Å². The Balaban J connectivity index is 1.85. The second kappa shape index (κ2) is 9.17. The van der Waals surface area contributed by atoms with Crippen molar-refractivity contribution in [1.82, 2.24) is 5.32 Å². The standard InChI is InChI=1S/C18H20N2O5/c1-3-24-18(22)25-15-10-8-14(9-11-15)20-17(21)19-12-13-6-4-5-7-16(13)23-2/h4-11H,3,12H2,1-2H3,(H2,19,20,21). The Morgan fingerprint density at radius 2 is 1.76 bits per heavy atom. The van der Waals surface area contributed by atoms with Crippen LogP contribution in [0.1, 0.15) is 12.5 Å². The van der Waals surface area contributed by atoms with E-state index in [4.69, 9.17) is 9.47 Å². The van der Waals surface area contributed by atoms with E-state index in [1.165, 1.54) is 0 Å². The van der Waals surface area contributed by atoms with Crippen LogP contribution in [0.25, 0.3) is 0 Å². The minimum absolute atomic E-state index is 0.241. The van der Waals surface area contributed by atoms with Crippen LogP contribution >= 0.6 is 0 Å². The highest BCUT2D eigenvalue weighted by molar-refractivity contribution is 5.89. The third kappa shape index (κ3) is 5.72. The van der Waals surface area contributed by atoms with E-state index in [0.29, 0.717) is 23.7 Å². The van der Waals surface area contributed by atoms with Gasteiger partial charge in [0.25, 0.3) is 0 Å². The molecule has 2 amide bonds. The number of rotatable bonds is 6. The van der Waals surface area contributed by atoms with E-state index in [0.717, 1.165) is 5.56 Å². The Labute approximate surface area is 145 Å². The lowest BCUT2D eigenvalue weighted by molar-refractivity contribution is 0.104. The summed E-state index contributed by atoms with van der Waals surface area (Å²) < 4.78 is 14.9. The molecule has 0 aliphatic carbocycles. The van der Waals surface area contributed by atoms with E-state index in [9.17, 15) is 9.59 Å². The number of para-hydroxylation sites is 1. The summed E-state index contributed by atoms with van der Waals surface area (Å²) in [6.45, 7) is 2.27. The number of methoxy groups -OCH3 is 1. The molecule has 0 heterocycles. The zero-order valence-electron chi connectivity index (χ0n) is 14.1. The van der Waals surface area contributed by atoms with E-state index >= 15 is 0 Å². The molecule has 2 N–H and O–H groups in total. The number of benzene rings is 2. The van der Waals surface area contributed by atoms with Crippen LogP contribution in [0.5, 0.6) is 11.5 Å². The number of hydrogen-bond acceptors (Lipinski definition) is 5. The van der Waals surface area contributed by atoms with E-state index in [1.807, 2.05) is 24.3 Å². The topological polar surface area (TPSA) is 85.9 Å². The molecule has 0 spiro atoms. The molecule has 0 radical (unpaired) electrons. The Kier molecular flexibility index (Phi) is 6.65. The summed E-state index contributed by atoms with van der Waals surface area (Å²) in [6.07, 6.45) is -0.766. The first-order chi connectivity index (χ1) is 12.1. The molecule has 7 heteroatoms. The van der Waals surface area contributed by atoms with Crippen LogP contribution in [-0.2, 0) is 11.3 Å². The predicted octanol–water partition coefficient (Wildman–Crippen LogP) is 3.55. The maximum absolute atomic E-state index is 12.0. The summed E-state index contributed by atoms with van der Waals surface area (Å²) >= 11 is 0. The average molecular weight is 344 g/mol. The quantitative estimate of drug-likeness (QED) is 0.618. The molecule has 2 aromatic rings. The predicted molar refractivity (Wildman–Crippen MR) is 92.9 cm³/mol. The van der Waals surface area contributed by atoms with Gasteiger partial charge >= 0.3 is 12.2 Å². The average Bonchev–Trinajstić information content (AvgIpc) is 2.62. The Hall–Kier alpha value is -3.22. The molecule has 2 aromatic carbocycles. The summed E-state index contributed by atoms with van der Waals surface area (Å²) in [5.41, 5.74) is 1.44. The molecule has 7 nitrogen and oxygen atoms in total. The molecule has 25 heavy (non-hydrogen) atoms. The van der Waals surface area contributed by atoms with E-state index in [1.54, 1.807) is 38.3 Å². The van der Waals surface area contributed by atoms with Gasteiger partial charge in [0.15, 0.2) is 0 Å². The normalized spacial score (nSPS) is 9.84. The molecule has 0 saturated heterocycles. The number of urea groups is 1. The molecular formula is C18H20N2O5. The summed E-state index contributed by atoms with van der Waals surface area (Å²) in [4.78, 5) is 23.2. The fourth-order valence-corrected chi connectivity index (χ4v) is 2.05. The van der Waals surface area contributed by atoms with Crippen LogP contribution in [0, 0.1) is 0 Å². The lowest BCUT2D eigenvalue weighted by Crippen LogP contribution is -2.28. The van der Waals surface area contributed by atoms with Crippen molar-refractivity contribution in [2.75, 3.05) is 19.0 Å². The van der Waals surface area contributed by atoms with Crippen molar-refractivity contribution in [3.8, 4) is 11.5 Å². The molecule has 0 aromatic heterocycles. The highest BCUT2D eigenvalue weighted by Crippen LogP contribution is 2.18. The molecule has 0 atom stereocenters. The Morgan fingerprint density at radius 1 is 1.04 bits per heavy atom. The van der Waals surface area contributed by atoms with Crippen molar-refractivity contribution in [3.05, 3.63) is 54.1 Å². The van der Waals surface area contributed by atoms with E-state index in [-0.39, 0.29) is 12.6 Å². The van der Waals surface area contributed by atoms with Crippen molar-refractivity contribution in [1.29, 1.82) is 0 Å². The lowest BCUT2D eigenvalue weighted by Gasteiger charge is -2.11. The van der Waals surface area contributed by atoms with Gasteiger partial charge in [-0.1, -0.05) is 18.2 Å². The van der Waals surface area contributed by atoms with Crippen LogP contribution < -0.4 is 20.1 Å². The summed E-state index contributed by atoms with van der Waals surface area (Å²) in [5.74, 6) is 1.04. The van der Waals surface area contributed by atoms with Crippen LogP contribution in [0.2, 0.25) is 0 Å². The van der Waals surface area contributed by atoms with Crippen LogP contribution in [-0.4, -0.2) is 25.9 Å². The van der Waals surface area contributed by atoms with Gasteiger partial charge in [0, 0.05) is 17.8 Å². The van der Waals surface area contributed by atoms with Crippen molar-refractivity contribution in [3.63, 3.8) is 0 Å². The van der Waals surface area contributed by atoms with Gasteiger partial charge < -0.3 is 24.8 Å². The maximum atomic E-state index is 12.0. The molecule has 0 fully saturated rings. The summed E-state index contributed by atoms with van der Waals surface area (Å²) in [7, 11) is 1.58. The smallest absolute Gasteiger partial charge is 0.496 e. The summed E-state index contributed by atoms with van der Waals surface area (Å²) in [5, 5.41) is 5.44. The first-order valence-corrected chi connectivity index (χ1v) is 7.73. The van der Waals surface area contributed by atoms with Gasteiger partial charge in [0.2, 0.25) is 0 Å². The number of nitrogens with one attached hydrogen (secondary N) is 2. The molecule has 0 bridgehead atoms. The van der Waals surface area contributed by atoms with Gasteiger partial charge in [-0.3, -0.25) is 0 Å². The zero-order valence-corrected chi connectivity index (χ0v) is 14.1. The molecule has 0 unspecified atom stereocenters. The number of carbonyl (C=O) groups excluding carboxylic acids is 2. The Bertz CT molecular complexity index is 716. The van der Waals surface area contributed by atoms with Crippen LogP contribution in [0.15, 0.2) is 48.5 Å². The van der Waals surface area contributed by atoms with Crippen molar-refractivity contribution < 1.29 is 23.8 Å². The fourth-order valence-electron chi connectivity index (χ4n) is 2.05.